The van der Waals surface area contributed by atoms with Gasteiger partial charge in [-0.25, -0.2) is 0 Å². The number of fused-ring (bicyclic) bond motifs is 1. The van der Waals surface area contributed by atoms with Gasteiger partial charge in [0.2, 0.25) is 0 Å². The minimum atomic E-state index is -0.148. The number of H-pyrrole nitrogens is 1. The standard InChI is InChI=1S/C23H17NOS/c1-16(25)23-22(18-10-5-6-11-20(18)24-23)19(21-12-7-15-26-21)14-13-17-8-3-2-4-9-17/h2-12,15,19,24H,1H3. The molecule has 0 amide bonds. The zero-order valence-electron chi connectivity index (χ0n) is 14.3. The van der Waals surface area contributed by atoms with Crippen LogP contribution in [0.1, 0.15) is 39.3 Å². The van der Waals surface area contributed by atoms with Crippen LogP contribution in [0.25, 0.3) is 10.9 Å². The first-order valence-corrected chi connectivity index (χ1v) is 9.33. The highest BCUT2D eigenvalue weighted by atomic mass is 32.1. The smallest absolute Gasteiger partial charge is 0.176 e. The van der Waals surface area contributed by atoms with Crippen molar-refractivity contribution >= 4 is 28.0 Å². The second-order valence-corrected chi connectivity index (χ2v) is 7.08. The van der Waals surface area contributed by atoms with Gasteiger partial charge in [-0.1, -0.05) is 54.3 Å². The lowest BCUT2D eigenvalue weighted by molar-refractivity contribution is 0.101. The van der Waals surface area contributed by atoms with Crippen LogP contribution in [-0.2, 0) is 0 Å². The van der Waals surface area contributed by atoms with Crippen LogP contribution in [-0.4, -0.2) is 10.8 Å². The van der Waals surface area contributed by atoms with Crippen LogP contribution < -0.4 is 0 Å². The van der Waals surface area contributed by atoms with Crippen molar-refractivity contribution in [3.63, 3.8) is 0 Å². The monoisotopic (exact) mass is 355 g/mol. The van der Waals surface area contributed by atoms with E-state index >= 15 is 0 Å². The molecular weight excluding hydrogens is 338 g/mol. The normalized spacial score (nSPS) is 11.7. The molecule has 4 aromatic rings. The van der Waals surface area contributed by atoms with Gasteiger partial charge in [0.25, 0.3) is 0 Å². The summed E-state index contributed by atoms with van der Waals surface area (Å²) in [7, 11) is 0. The van der Waals surface area contributed by atoms with E-state index in [-0.39, 0.29) is 11.7 Å². The third kappa shape index (κ3) is 3.08. The Bertz CT molecular complexity index is 1110. The molecule has 0 spiro atoms. The summed E-state index contributed by atoms with van der Waals surface area (Å²) in [5, 5.41) is 3.10. The Hall–Kier alpha value is -3.09. The maximum absolute atomic E-state index is 12.3. The van der Waals surface area contributed by atoms with E-state index in [1.165, 1.54) is 0 Å². The Morgan fingerprint density at radius 2 is 1.77 bits per heavy atom. The molecule has 2 nitrogen and oxygen atoms in total. The van der Waals surface area contributed by atoms with Crippen molar-refractivity contribution in [2.24, 2.45) is 0 Å². The van der Waals surface area contributed by atoms with Crippen molar-refractivity contribution in [2.75, 3.05) is 0 Å². The van der Waals surface area contributed by atoms with Gasteiger partial charge in [0.05, 0.1) is 11.6 Å². The first-order chi connectivity index (χ1) is 12.7. The molecule has 0 aliphatic carbocycles. The number of rotatable bonds is 3. The number of benzene rings is 2. The summed E-state index contributed by atoms with van der Waals surface area (Å²) in [5.41, 5.74) is 3.56. The van der Waals surface area contributed by atoms with Gasteiger partial charge in [0.1, 0.15) is 0 Å². The Morgan fingerprint density at radius 3 is 2.50 bits per heavy atom. The summed E-state index contributed by atoms with van der Waals surface area (Å²) in [6, 6.07) is 22.1. The first-order valence-electron chi connectivity index (χ1n) is 8.45. The van der Waals surface area contributed by atoms with Crippen LogP contribution in [0, 0.1) is 11.8 Å². The zero-order valence-corrected chi connectivity index (χ0v) is 15.1. The minimum Gasteiger partial charge on any atom is -0.352 e. The zero-order chi connectivity index (χ0) is 17.9. The highest BCUT2D eigenvalue weighted by molar-refractivity contribution is 7.10. The van der Waals surface area contributed by atoms with E-state index in [1.807, 2.05) is 54.6 Å². The molecule has 0 saturated heterocycles. The molecule has 1 atom stereocenters. The Balaban J connectivity index is 1.93. The third-order valence-corrected chi connectivity index (χ3v) is 5.29. The number of carbonyl (C=O) groups is 1. The van der Waals surface area contributed by atoms with Gasteiger partial charge in [-0.05, 0) is 29.6 Å². The Kier molecular flexibility index (Phi) is 4.43. The highest BCUT2D eigenvalue weighted by Crippen LogP contribution is 2.35. The van der Waals surface area contributed by atoms with E-state index in [0.717, 1.165) is 26.9 Å². The van der Waals surface area contributed by atoms with Crippen LogP contribution in [0.4, 0.5) is 0 Å². The quantitative estimate of drug-likeness (QED) is 0.376. The topological polar surface area (TPSA) is 32.9 Å². The molecule has 0 aliphatic heterocycles. The van der Waals surface area contributed by atoms with Gasteiger partial charge in [-0.2, -0.15) is 0 Å². The summed E-state index contributed by atoms with van der Waals surface area (Å²) in [6.07, 6.45) is 0. The molecule has 0 aliphatic rings. The lowest BCUT2D eigenvalue weighted by atomic mass is 9.93. The summed E-state index contributed by atoms with van der Waals surface area (Å²) >= 11 is 1.67. The molecule has 26 heavy (non-hydrogen) atoms. The number of Topliss-reactive ketones (excluding diaryl/α,β-unsaturated/α-hetero) is 1. The predicted molar refractivity (Wildman–Crippen MR) is 108 cm³/mol. The van der Waals surface area contributed by atoms with E-state index in [9.17, 15) is 4.79 Å². The van der Waals surface area contributed by atoms with E-state index in [0.29, 0.717) is 5.69 Å². The number of thiophene rings is 1. The number of ketones is 1. The lowest BCUT2D eigenvalue weighted by Crippen LogP contribution is -2.04. The number of aromatic amines is 1. The molecule has 1 N–H and O–H groups in total. The van der Waals surface area contributed by atoms with Gasteiger partial charge in [0, 0.05) is 33.8 Å². The van der Waals surface area contributed by atoms with Crippen molar-refractivity contribution in [3.05, 3.63) is 93.8 Å². The average Bonchev–Trinajstić information content (AvgIpc) is 3.32. The fraction of sp³-hybridized carbons (Fsp3) is 0.0870. The fourth-order valence-corrected chi connectivity index (χ4v) is 3.94. The van der Waals surface area contributed by atoms with Crippen molar-refractivity contribution in [2.45, 2.75) is 12.8 Å². The molecule has 0 fully saturated rings. The van der Waals surface area contributed by atoms with Gasteiger partial charge >= 0.3 is 0 Å². The molecule has 126 valence electrons. The van der Waals surface area contributed by atoms with Crippen LogP contribution in [0.5, 0.6) is 0 Å². The van der Waals surface area contributed by atoms with E-state index in [1.54, 1.807) is 18.3 Å². The molecule has 0 saturated carbocycles. The van der Waals surface area contributed by atoms with Gasteiger partial charge in [-0.3, -0.25) is 4.79 Å². The highest BCUT2D eigenvalue weighted by Gasteiger charge is 2.23. The molecule has 1 unspecified atom stereocenters. The van der Waals surface area contributed by atoms with Crippen LogP contribution in [0.15, 0.2) is 72.1 Å². The summed E-state index contributed by atoms with van der Waals surface area (Å²) in [5.74, 6) is 6.58. The largest absolute Gasteiger partial charge is 0.352 e. The van der Waals surface area contributed by atoms with Gasteiger partial charge in [-0.15, -0.1) is 11.3 Å². The number of carbonyl (C=O) groups excluding carboxylic acids is 1. The molecule has 2 aromatic heterocycles. The summed E-state index contributed by atoms with van der Waals surface area (Å²) < 4.78 is 0. The van der Waals surface area contributed by atoms with Gasteiger partial charge in [0.15, 0.2) is 5.78 Å². The maximum Gasteiger partial charge on any atom is 0.176 e. The molecule has 4 rings (SSSR count). The molecule has 2 heterocycles. The summed E-state index contributed by atoms with van der Waals surface area (Å²) in [4.78, 5) is 16.7. The van der Waals surface area contributed by atoms with Crippen molar-refractivity contribution < 1.29 is 4.79 Å². The lowest BCUT2D eigenvalue weighted by Gasteiger charge is -2.10. The summed E-state index contributed by atoms with van der Waals surface area (Å²) in [6.45, 7) is 1.60. The van der Waals surface area contributed by atoms with E-state index < -0.39 is 0 Å². The number of aromatic nitrogens is 1. The maximum atomic E-state index is 12.3. The molecule has 0 bridgehead atoms. The van der Waals surface area contributed by atoms with Crippen molar-refractivity contribution in [1.29, 1.82) is 0 Å². The molecule has 2 aromatic carbocycles. The Labute approximate surface area is 156 Å². The minimum absolute atomic E-state index is 0.0271. The van der Waals surface area contributed by atoms with Crippen LogP contribution >= 0.6 is 11.3 Å². The first kappa shape index (κ1) is 16.4. The third-order valence-electron chi connectivity index (χ3n) is 4.35. The fourth-order valence-electron chi connectivity index (χ4n) is 3.16. The van der Waals surface area contributed by atoms with E-state index in [2.05, 4.69) is 34.3 Å². The number of nitrogens with one attached hydrogen (secondary N) is 1. The molecule has 0 radical (unpaired) electrons. The van der Waals surface area contributed by atoms with Crippen molar-refractivity contribution in [3.8, 4) is 11.8 Å². The SMILES string of the molecule is CC(=O)c1[nH]c2ccccc2c1C(C#Cc1ccccc1)c1cccs1. The average molecular weight is 355 g/mol. The number of hydrogen-bond donors (Lipinski definition) is 1. The second kappa shape index (κ2) is 7.03. The second-order valence-electron chi connectivity index (χ2n) is 6.10. The predicted octanol–water partition coefficient (Wildman–Crippen LogP) is 5.62. The van der Waals surface area contributed by atoms with E-state index in [4.69, 9.17) is 0 Å². The molecular formula is C23H17NOS. The molecule has 3 heteroatoms. The number of para-hydroxylation sites is 1. The van der Waals surface area contributed by atoms with Crippen molar-refractivity contribution in [1.82, 2.24) is 4.98 Å². The Morgan fingerprint density at radius 1 is 1.00 bits per heavy atom. The number of hydrogen-bond acceptors (Lipinski definition) is 2. The van der Waals surface area contributed by atoms with Crippen LogP contribution in [0.2, 0.25) is 0 Å². The van der Waals surface area contributed by atoms with Gasteiger partial charge < -0.3 is 4.98 Å². The van der Waals surface area contributed by atoms with Crippen LogP contribution in [0.3, 0.4) is 0 Å².